The molecule has 1 heterocycles. The van der Waals surface area contributed by atoms with Crippen LogP contribution in [0.25, 0.3) is 0 Å². The molecule has 3 N–H and O–H groups in total. The third kappa shape index (κ3) is 2.73. The fourth-order valence-electron chi connectivity index (χ4n) is 2.85. The predicted molar refractivity (Wildman–Crippen MR) is 84.4 cm³/mol. The molecule has 22 heavy (non-hydrogen) atoms. The number of anilines is 2. The zero-order chi connectivity index (χ0) is 15.9. The third-order valence-electron chi connectivity index (χ3n) is 4.16. The molecule has 1 aromatic heterocycles. The lowest BCUT2D eigenvalue weighted by atomic mass is 10.0. The van der Waals surface area contributed by atoms with Gasteiger partial charge in [0.1, 0.15) is 0 Å². The summed E-state index contributed by atoms with van der Waals surface area (Å²) in [4.78, 5) is 12.0. The van der Waals surface area contributed by atoms with Crippen molar-refractivity contribution in [1.29, 1.82) is 0 Å². The standard InChI is InChI=1S/C16H20FN5/c1-8-6-11-4-5-13(12(11)7-9(8)2)19-16-21-14(10(3)17)20-15(18)22-16/h6-7,10,13H,4-5H2,1-3H3,(H3,18,19,20,21,22)/t10-,13+/m0/s1. The van der Waals surface area contributed by atoms with Gasteiger partial charge in [-0.05, 0) is 55.9 Å². The van der Waals surface area contributed by atoms with Gasteiger partial charge in [-0.25, -0.2) is 4.39 Å². The van der Waals surface area contributed by atoms with E-state index in [9.17, 15) is 4.39 Å². The Morgan fingerprint density at radius 3 is 2.68 bits per heavy atom. The number of rotatable bonds is 3. The van der Waals surface area contributed by atoms with E-state index in [0.717, 1.165) is 12.8 Å². The predicted octanol–water partition coefficient (Wildman–Crippen LogP) is 3.20. The lowest BCUT2D eigenvalue weighted by Crippen LogP contribution is -2.14. The molecule has 0 saturated heterocycles. The number of hydrogen-bond acceptors (Lipinski definition) is 5. The van der Waals surface area contributed by atoms with E-state index < -0.39 is 6.17 Å². The highest BCUT2D eigenvalue weighted by Gasteiger charge is 2.24. The van der Waals surface area contributed by atoms with Gasteiger partial charge >= 0.3 is 0 Å². The van der Waals surface area contributed by atoms with E-state index in [0.29, 0.717) is 5.95 Å². The summed E-state index contributed by atoms with van der Waals surface area (Å²) in [6.45, 7) is 5.61. The van der Waals surface area contributed by atoms with Crippen molar-refractivity contribution in [2.24, 2.45) is 0 Å². The third-order valence-corrected chi connectivity index (χ3v) is 4.16. The van der Waals surface area contributed by atoms with E-state index in [1.54, 1.807) is 0 Å². The van der Waals surface area contributed by atoms with Crippen LogP contribution in [0.3, 0.4) is 0 Å². The van der Waals surface area contributed by atoms with Crippen LogP contribution in [0.2, 0.25) is 0 Å². The number of benzene rings is 1. The number of nitrogens with two attached hydrogens (primary N) is 1. The van der Waals surface area contributed by atoms with Crippen LogP contribution in [0.4, 0.5) is 16.3 Å². The van der Waals surface area contributed by atoms with Crippen molar-refractivity contribution >= 4 is 11.9 Å². The van der Waals surface area contributed by atoms with Gasteiger partial charge in [0.05, 0.1) is 6.04 Å². The Hall–Kier alpha value is -2.24. The number of nitrogen functional groups attached to an aromatic ring is 1. The molecule has 0 fully saturated rings. The zero-order valence-corrected chi connectivity index (χ0v) is 13.0. The van der Waals surface area contributed by atoms with E-state index in [2.05, 4.69) is 46.2 Å². The van der Waals surface area contributed by atoms with E-state index in [4.69, 9.17) is 5.73 Å². The molecule has 6 heteroatoms. The van der Waals surface area contributed by atoms with Crippen molar-refractivity contribution in [2.45, 2.75) is 45.8 Å². The Morgan fingerprint density at radius 2 is 1.95 bits per heavy atom. The first kappa shape index (κ1) is 14.7. The van der Waals surface area contributed by atoms with Crippen LogP contribution in [0.5, 0.6) is 0 Å². The summed E-state index contributed by atoms with van der Waals surface area (Å²) in [5.74, 6) is 0.437. The van der Waals surface area contributed by atoms with Gasteiger partial charge in [0.25, 0.3) is 0 Å². The number of hydrogen-bond donors (Lipinski definition) is 2. The summed E-state index contributed by atoms with van der Waals surface area (Å²) in [6, 6.07) is 4.57. The van der Waals surface area contributed by atoms with Crippen LogP contribution in [-0.4, -0.2) is 15.0 Å². The fourth-order valence-corrected chi connectivity index (χ4v) is 2.85. The number of halogens is 1. The normalized spacial score (nSPS) is 18.1. The Kier molecular flexibility index (Phi) is 3.68. The van der Waals surface area contributed by atoms with Gasteiger partial charge in [0.2, 0.25) is 11.9 Å². The number of aryl methyl sites for hydroxylation is 3. The summed E-state index contributed by atoms with van der Waals surface area (Å²) in [7, 11) is 0. The first-order valence-electron chi connectivity index (χ1n) is 7.46. The summed E-state index contributed by atoms with van der Waals surface area (Å²) in [6.07, 6.45) is 0.706. The summed E-state index contributed by atoms with van der Waals surface area (Å²) >= 11 is 0. The van der Waals surface area contributed by atoms with Crippen molar-refractivity contribution in [3.8, 4) is 0 Å². The van der Waals surface area contributed by atoms with Crippen LogP contribution in [0, 0.1) is 13.8 Å². The molecule has 5 nitrogen and oxygen atoms in total. The zero-order valence-electron chi connectivity index (χ0n) is 13.0. The maximum Gasteiger partial charge on any atom is 0.228 e. The largest absolute Gasteiger partial charge is 0.368 e. The molecule has 0 amide bonds. The van der Waals surface area contributed by atoms with Crippen molar-refractivity contribution < 1.29 is 4.39 Å². The van der Waals surface area contributed by atoms with Crippen molar-refractivity contribution in [1.82, 2.24) is 15.0 Å². The molecule has 0 bridgehead atoms. The minimum atomic E-state index is -1.27. The van der Waals surface area contributed by atoms with Gasteiger partial charge in [0, 0.05) is 0 Å². The molecule has 116 valence electrons. The average Bonchev–Trinajstić information content (AvgIpc) is 2.81. The van der Waals surface area contributed by atoms with Crippen molar-refractivity contribution in [3.63, 3.8) is 0 Å². The first-order valence-corrected chi connectivity index (χ1v) is 7.46. The average molecular weight is 301 g/mol. The Morgan fingerprint density at radius 1 is 1.23 bits per heavy atom. The van der Waals surface area contributed by atoms with Crippen LogP contribution in [-0.2, 0) is 6.42 Å². The molecule has 0 unspecified atom stereocenters. The Labute approximate surface area is 129 Å². The van der Waals surface area contributed by atoms with Gasteiger partial charge in [0.15, 0.2) is 12.0 Å². The number of nitrogens with one attached hydrogen (secondary N) is 1. The van der Waals surface area contributed by atoms with Gasteiger partial charge in [-0.2, -0.15) is 15.0 Å². The molecule has 0 aliphatic heterocycles. The molecular formula is C16H20FN5. The summed E-state index contributed by atoms with van der Waals surface area (Å²) < 4.78 is 13.4. The highest BCUT2D eigenvalue weighted by Crippen LogP contribution is 2.35. The molecule has 0 saturated carbocycles. The minimum absolute atomic E-state index is 0.0373. The topological polar surface area (TPSA) is 76.7 Å². The van der Waals surface area contributed by atoms with Crippen molar-refractivity contribution in [2.75, 3.05) is 11.1 Å². The maximum absolute atomic E-state index is 13.4. The second-order valence-corrected chi connectivity index (χ2v) is 5.86. The lowest BCUT2D eigenvalue weighted by molar-refractivity contribution is 0.356. The molecule has 2 atom stereocenters. The Balaban J connectivity index is 1.89. The highest BCUT2D eigenvalue weighted by atomic mass is 19.1. The minimum Gasteiger partial charge on any atom is -0.368 e. The van der Waals surface area contributed by atoms with E-state index in [1.807, 2.05) is 0 Å². The monoisotopic (exact) mass is 301 g/mol. The molecule has 1 aliphatic carbocycles. The summed E-state index contributed by atoms with van der Waals surface area (Å²) in [5.41, 5.74) is 10.8. The van der Waals surface area contributed by atoms with E-state index in [1.165, 1.54) is 29.2 Å². The van der Waals surface area contributed by atoms with Gasteiger partial charge in [-0.15, -0.1) is 0 Å². The van der Waals surface area contributed by atoms with E-state index in [-0.39, 0.29) is 17.8 Å². The molecule has 1 aromatic carbocycles. The second-order valence-electron chi connectivity index (χ2n) is 5.86. The maximum atomic E-state index is 13.4. The molecule has 0 radical (unpaired) electrons. The lowest BCUT2D eigenvalue weighted by Gasteiger charge is -2.16. The molecule has 1 aliphatic rings. The van der Waals surface area contributed by atoms with Crippen LogP contribution < -0.4 is 11.1 Å². The van der Waals surface area contributed by atoms with Crippen LogP contribution in [0.15, 0.2) is 12.1 Å². The number of aromatic nitrogens is 3. The highest BCUT2D eigenvalue weighted by molar-refractivity contribution is 5.46. The molecule has 3 rings (SSSR count). The van der Waals surface area contributed by atoms with Crippen molar-refractivity contribution in [3.05, 3.63) is 40.2 Å². The number of nitrogens with zero attached hydrogens (tertiary/aromatic N) is 3. The molecule has 0 spiro atoms. The first-order chi connectivity index (χ1) is 10.4. The smallest absolute Gasteiger partial charge is 0.228 e. The molecule has 2 aromatic rings. The Bertz CT molecular complexity index is 714. The quantitative estimate of drug-likeness (QED) is 0.910. The van der Waals surface area contributed by atoms with Gasteiger partial charge < -0.3 is 11.1 Å². The van der Waals surface area contributed by atoms with Gasteiger partial charge in [-0.1, -0.05) is 12.1 Å². The van der Waals surface area contributed by atoms with Gasteiger partial charge in [-0.3, -0.25) is 0 Å². The summed E-state index contributed by atoms with van der Waals surface area (Å²) in [5, 5.41) is 3.27. The second kappa shape index (κ2) is 5.51. The number of alkyl halides is 1. The van der Waals surface area contributed by atoms with E-state index >= 15 is 0 Å². The van der Waals surface area contributed by atoms with Crippen LogP contribution in [0.1, 0.15) is 53.6 Å². The SMILES string of the molecule is Cc1cc2c(cc1C)[C@H](Nc1nc(N)nc([C@H](C)F)n1)CC2. The fraction of sp³-hybridized carbons (Fsp3) is 0.438. The molecular weight excluding hydrogens is 281 g/mol. The van der Waals surface area contributed by atoms with Crippen LogP contribution >= 0.6 is 0 Å². The number of fused-ring (bicyclic) bond motifs is 1.